The van der Waals surface area contributed by atoms with Crippen molar-refractivity contribution >= 4 is 17.2 Å². The molecule has 45 heavy (non-hydrogen) atoms. The molecular weight excluding hydrogens is 540 g/mol. The number of hydrogen-bond acceptors (Lipinski definition) is 0. The third kappa shape index (κ3) is 5.27. The van der Waals surface area contributed by atoms with Gasteiger partial charge >= 0.3 is 0 Å². The fourth-order valence-electron chi connectivity index (χ4n) is 8.16. The highest BCUT2D eigenvalue weighted by molar-refractivity contribution is 5.96. The van der Waals surface area contributed by atoms with Crippen molar-refractivity contribution in [3.05, 3.63) is 121 Å². The van der Waals surface area contributed by atoms with Gasteiger partial charge in [-0.1, -0.05) is 92.9 Å². The Labute approximate surface area is 271 Å². The van der Waals surface area contributed by atoms with Crippen LogP contribution in [-0.4, -0.2) is 0 Å². The summed E-state index contributed by atoms with van der Waals surface area (Å²) in [6, 6.07) is 19.0. The van der Waals surface area contributed by atoms with E-state index in [4.69, 9.17) is 0 Å². The van der Waals surface area contributed by atoms with Gasteiger partial charge in [0.15, 0.2) is 0 Å². The maximum Gasteiger partial charge on any atom is 0.00278 e. The van der Waals surface area contributed by atoms with E-state index in [0.29, 0.717) is 5.92 Å². The topological polar surface area (TPSA) is 0 Å². The van der Waals surface area contributed by atoms with Crippen LogP contribution in [0.15, 0.2) is 66.3 Å². The smallest absolute Gasteiger partial charge is 0.00278 e. The first kappa shape index (κ1) is 31.1. The average molecular weight is 591 g/mol. The zero-order valence-corrected chi connectivity index (χ0v) is 29.6. The van der Waals surface area contributed by atoms with Gasteiger partial charge in [-0.25, -0.2) is 0 Å². The number of allylic oxidation sites excluding steroid dienone is 4. The molecule has 0 N–H and O–H groups in total. The van der Waals surface area contributed by atoms with Crippen molar-refractivity contribution in [1.82, 2.24) is 0 Å². The molecule has 0 heterocycles. The molecule has 0 fully saturated rings. The van der Waals surface area contributed by atoms with Gasteiger partial charge in [0.1, 0.15) is 0 Å². The van der Waals surface area contributed by atoms with Crippen LogP contribution in [-0.2, 0) is 0 Å². The van der Waals surface area contributed by atoms with Gasteiger partial charge in [0.2, 0.25) is 0 Å². The van der Waals surface area contributed by atoms with E-state index in [1.54, 1.807) is 0 Å². The molecule has 0 radical (unpaired) electrons. The average Bonchev–Trinajstić information content (AvgIpc) is 3.52. The maximum atomic E-state index is 2.55. The summed E-state index contributed by atoms with van der Waals surface area (Å²) in [5.41, 5.74) is 23.4. The van der Waals surface area contributed by atoms with E-state index in [9.17, 15) is 0 Å². The van der Waals surface area contributed by atoms with Gasteiger partial charge < -0.3 is 0 Å². The van der Waals surface area contributed by atoms with E-state index in [0.717, 1.165) is 6.42 Å². The fraction of sp³-hybridized carbons (Fsp3) is 0.333. The molecule has 0 amide bonds. The molecule has 4 aromatic rings. The molecule has 0 heteroatoms. The van der Waals surface area contributed by atoms with Crippen molar-refractivity contribution in [2.24, 2.45) is 11.3 Å². The lowest BCUT2D eigenvalue weighted by atomic mass is 9.81. The molecule has 0 saturated carbocycles. The highest BCUT2D eigenvalue weighted by Gasteiger charge is 2.31. The van der Waals surface area contributed by atoms with Crippen LogP contribution in [0.25, 0.3) is 50.6 Å². The van der Waals surface area contributed by atoms with E-state index in [2.05, 4.69) is 150 Å². The number of fused-ring (bicyclic) bond motifs is 3. The summed E-state index contributed by atoms with van der Waals surface area (Å²) in [4.78, 5) is 0. The Kier molecular flexibility index (Phi) is 7.72. The summed E-state index contributed by atoms with van der Waals surface area (Å²) in [6.45, 7) is 27.5. The monoisotopic (exact) mass is 590 g/mol. The van der Waals surface area contributed by atoms with E-state index >= 15 is 0 Å². The minimum absolute atomic E-state index is 0.101. The highest BCUT2D eigenvalue weighted by Crippen LogP contribution is 2.45. The molecular formula is C45H50. The van der Waals surface area contributed by atoms with Gasteiger partial charge in [0.25, 0.3) is 0 Å². The molecule has 0 spiro atoms. The van der Waals surface area contributed by atoms with Gasteiger partial charge in [0, 0.05) is 5.92 Å². The quantitative estimate of drug-likeness (QED) is 0.195. The standard InChI is InChI=1S/C45H50/c1-13-32-21-35(45(10,11)12)23-38(32)43-40-22-34-20-33(41-28(6)16-26(4)17-29(41)7)14-15-36(34)39(40)24-37(25(2)3)44(43)42-30(8)18-27(5)19-31(42)9/h14-24,32H,13H2,1-12H3. The molecule has 2 aliphatic carbocycles. The van der Waals surface area contributed by atoms with E-state index in [1.807, 2.05) is 0 Å². The molecule has 0 nitrogen and oxygen atoms in total. The minimum Gasteiger partial charge on any atom is -0.0732 e. The first-order chi connectivity index (χ1) is 21.2. The molecule has 2 aliphatic rings. The lowest BCUT2D eigenvalue weighted by molar-refractivity contribution is 0.516. The molecule has 0 aliphatic heterocycles. The molecule has 0 bridgehead atoms. The van der Waals surface area contributed by atoms with Crippen molar-refractivity contribution in [2.75, 3.05) is 0 Å². The molecule has 6 rings (SSSR count). The Bertz CT molecular complexity index is 2030. The number of benzene rings is 4. The zero-order valence-electron chi connectivity index (χ0n) is 29.6. The summed E-state index contributed by atoms with van der Waals surface area (Å²) >= 11 is 0. The predicted octanol–water partition coefficient (Wildman–Crippen LogP) is 11.3. The first-order valence-electron chi connectivity index (χ1n) is 16.8. The van der Waals surface area contributed by atoms with E-state index in [1.165, 1.54) is 105 Å². The van der Waals surface area contributed by atoms with Crippen LogP contribution in [0.2, 0.25) is 0 Å². The minimum atomic E-state index is 0.101. The van der Waals surface area contributed by atoms with Crippen molar-refractivity contribution < 1.29 is 0 Å². The van der Waals surface area contributed by atoms with Crippen LogP contribution in [0.1, 0.15) is 92.5 Å². The second kappa shape index (κ2) is 11.2. The number of aryl methyl sites for hydroxylation is 6. The fourth-order valence-corrected chi connectivity index (χ4v) is 8.16. The lowest BCUT2D eigenvalue weighted by Crippen LogP contribution is -2.23. The normalized spacial score (nSPS) is 15.4. The lowest BCUT2D eigenvalue weighted by Gasteiger charge is -2.23. The maximum absolute atomic E-state index is 2.55. The van der Waals surface area contributed by atoms with Gasteiger partial charge in [-0.2, -0.15) is 0 Å². The van der Waals surface area contributed by atoms with Crippen molar-refractivity contribution in [1.29, 1.82) is 0 Å². The Hall–Kier alpha value is -3.90. The molecule has 0 saturated heterocycles. The second-order valence-corrected chi connectivity index (χ2v) is 15.1. The summed E-state index contributed by atoms with van der Waals surface area (Å²) < 4.78 is 0. The van der Waals surface area contributed by atoms with Crippen LogP contribution in [0, 0.1) is 52.9 Å². The van der Waals surface area contributed by atoms with Crippen molar-refractivity contribution in [3.63, 3.8) is 0 Å². The SMILES string of the molecule is CCC1C=C(C(C)(C)C)C=C1c1c(-c2c(C)cc(C)cc2C)c(=C(C)C)cc2c1=Cc1cc(-c3c(C)cc(C)cc3C)ccc1-2. The third-order valence-electron chi connectivity index (χ3n) is 10.1. The Morgan fingerprint density at radius 3 is 1.76 bits per heavy atom. The van der Waals surface area contributed by atoms with Gasteiger partial charge in [-0.3, -0.25) is 0 Å². The zero-order chi connectivity index (χ0) is 32.5. The van der Waals surface area contributed by atoms with E-state index in [-0.39, 0.29) is 5.41 Å². The van der Waals surface area contributed by atoms with Crippen LogP contribution >= 0.6 is 0 Å². The van der Waals surface area contributed by atoms with Crippen molar-refractivity contribution in [3.8, 4) is 33.4 Å². The summed E-state index contributed by atoms with van der Waals surface area (Å²) in [7, 11) is 0. The largest absolute Gasteiger partial charge is 0.0732 e. The van der Waals surface area contributed by atoms with Crippen molar-refractivity contribution in [2.45, 2.75) is 89.5 Å². The van der Waals surface area contributed by atoms with Crippen LogP contribution in [0.3, 0.4) is 0 Å². The molecule has 1 unspecified atom stereocenters. The Morgan fingerprint density at radius 1 is 0.644 bits per heavy atom. The molecule has 0 aromatic heterocycles. The number of hydrogen-bond donors (Lipinski definition) is 0. The first-order valence-corrected chi connectivity index (χ1v) is 16.8. The predicted molar refractivity (Wildman–Crippen MR) is 198 cm³/mol. The Balaban J connectivity index is 1.73. The van der Waals surface area contributed by atoms with Crippen LogP contribution < -0.4 is 10.4 Å². The Morgan fingerprint density at radius 2 is 1.22 bits per heavy atom. The summed E-state index contributed by atoms with van der Waals surface area (Å²) in [5, 5.41) is 2.75. The molecule has 230 valence electrons. The van der Waals surface area contributed by atoms with Gasteiger partial charge in [-0.15, -0.1) is 0 Å². The van der Waals surface area contributed by atoms with E-state index < -0.39 is 0 Å². The number of rotatable bonds is 4. The highest BCUT2D eigenvalue weighted by atomic mass is 14.3. The third-order valence-corrected chi connectivity index (χ3v) is 10.1. The van der Waals surface area contributed by atoms with Crippen LogP contribution in [0.5, 0.6) is 0 Å². The van der Waals surface area contributed by atoms with Gasteiger partial charge in [0.05, 0.1) is 0 Å². The van der Waals surface area contributed by atoms with Crippen LogP contribution in [0.4, 0.5) is 0 Å². The second-order valence-electron chi connectivity index (χ2n) is 15.1. The summed E-state index contributed by atoms with van der Waals surface area (Å²) in [5.74, 6) is 0.395. The molecule has 4 aromatic carbocycles. The van der Waals surface area contributed by atoms with Gasteiger partial charge in [-0.05, 0) is 174 Å². The summed E-state index contributed by atoms with van der Waals surface area (Å²) in [6.07, 6.45) is 8.69. The molecule has 1 atom stereocenters.